The summed E-state index contributed by atoms with van der Waals surface area (Å²) >= 11 is 0. The van der Waals surface area contributed by atoms with Gasteiger partial charge in [0.15, 0.2) is 23.6 Å². The van der Waals surface area contributed by atoms with Gasteiger partial charge in [-0.15, -0.1) is 0 Å². The van der Waals surface area contributed by atoms with Crippen LogP contribution in [0, 0.1) is 16.7 Å². The number of unbranched alkanes of at least 4 members (excludes halogenated alkanes) is 2. The minimum atomic E-state index is -5.37. The van der Waals surface area contributed by atoms with Crippen LogP contribution in [0.25, 0.3) is 33.4 Å². The molecule has 2 aliphatic heterocycles. The molecule has 568 valence electrons. The number of aliphatic hydroxyl groups is 2. The molecule has 2 saturated carbocycles. The quantitative estimate of drug-likeness (QED) is 0.00747. The lowest BCUT2D eigenvalue weighted by atomic mass is 9.44. The number of hydrogen-bond acceptors (Lipinski definition) is 22. The number of carbonyl (C=O) groups is 7. The summed E-state index contributed by atoms with van der Waals surface area (Å²) in [6.07, 6.45) is -11.6. The monoisotopic (exact) mass is 1510 g/mol. The molecule has 3 fully saturated rings. The van der Waals surface area contributed by atoms with Crippen LogP contribution in [0.5, 0.6) is 0 Å². The molecule has 0 spiro atoms. The topological polar surface area (TPSA) is 350 Å². The van der Waals surface area contributed by atoms with Crippen molar-refractivity contribution in [3.8, 4) is 22.5 Å². The smallest absolute Gasteiger partial charge is 0.338 e. The van der Waals surface area contributed by atoms with Gasteiger partial charge in [0.1, 0.15) is 64.6 Å². The Hall–Kier alpha value is -9.48. The molecule has 25 nitrogen and oxygen atoms in total. The molecule has 0 aromatic heterocycles. The molecule has 2 bridgehead atoms. The summed E-state index contributed by atoms with van der Waals surface area (Å²) in [4.78, 5) is 103. The van der Waals surface area contributed by atoms with Gasteiger partial charge >= 0.3 is 29.8 Å². The van der Waals surface area contributed by atoms with Crippen LogP contribution in [-0.2, 0) is 72.5 Å². The van der Waals surface area contributed by atoms with E-state index in [1.165, 1.54) is 64.1 Å². The molecule has 1 saturated heterocycles. The van der Waals surface area contributed by atoms with Crippen LogP contribution in [0.4, 0.5) is 5.69 Å². The van der Waals surface area contributed by atoms with Crippen LogP contribution in [0.1, 0.15) is 140 Å². The molecular weight excluding hydrogens is 1420 g/mol. The van der Waals surface area contributed by atoms with Gasteiger partial charge in [-0.25, -0.2) is 35.7 Å². The van der Waals surface area contributed by atoms with E-state index in [-0.39, 0.29) is 66.5 Å². The molecule has 27 heteroatoms. The molecule has 4 N–H and O–H groups in total. The van der Waals surface area contributed by atoms with Gasteiger partial charge in [-0.2, -0.15) is 0 Å². The van der Waals surface area contributed by atoms with Crippen molar-refractivity contribution in [1.29, 1.82) is 0 Å². The summed E-state index contributed by atoms with van der Waals surface area (Å²) in [6, 6.07) is 36.7. The van der Waals surface area contributed by atoms with Gasteiger partial charge < -0.3 is 57.8 Å². The number of Topliss-reactive ketones (excluding diaryl/α,β-unsaturated/α-hetero) is 1. The third kappa shape index (κ3) is 15.2. The van der Waals surface area contributed by atoms with Gasteiger partial charge in [0.25, 0.3) is 5.91 Å². The second-order valence-electron chi connectivity index (χ2n) is 28.3. The number of amides is 1. The van der Waals surface area contributed by atoms with E-state index >= 15 is 4.79 Å². The van der Waals surface area contributed by atoms with Crippen molar-refractivity contribution in [3.63, 3.8) is 0 Å². The first kappa shape index (κ1) is 78.6. The molecule has 11 rings (SSSR count). The van der Waals surface area contributed by atoms with Crippen LogP contribution in [0.2, 0.25) is 0 Å². The first-order valence-electron chi connectivity index (χ1n) is 35.9. The largest absolute Gasteiger partial charge is 0.744 e. The van der Waals surface area contributed by atoms with Crippen molar-refractivity contribution >= 4 is 78.3 Å². The second kappa shape index (κ2) is 31.4. The third-order valence-corrected chi connectivity index (χ3v) is 24.2. The van der Waals surface area contributed by atoms with Gasteiger partial charge in [-0.05, 0) is 126 Å². The lowest BCUT2D eigenvalue weighted by Crippen LogP contribution is -2.82. The van der Waals surface area contributed by atoms with Crippen LogP contribution in [-0.4, -0.2) is 160 Å². The van der Waals surface area contributed by atoms with Crippen LogP contribution in [0.3, 0.4) is 0 Å². The number of nitrogens with one attached hydrogen (secondary N) is 2. The highest BCUT2D eigenvalue weighted by atomic mass is 32.2. The zero-order valence-electron chi connectivity index (χ0n) is 61.3. The Bertz CT molecular complexity index is 4880. The van der Waals surface area contributed by atoms with E-state index in [0.717, 1.165) is 31.0 Å². The Morgan fingerprint density at radius 3 is 2.00 bits per heavy atom. The number of ether oxygens (including phenoxy) is 6. The molecule has 2 unspecified atom stereocenters. The van der Waals surface area contributed by atoms with Gasteiger partial charge in [-0.1, -0.05) is 93.1 Å². The molecular formula is C80H90N4O21S2. The summed E-state index contributed by atoms with van der Waals surface area (Å²) in [5.41, 5.74) is -6.18. The van der Waals surface area contributed by atoms with Crippen molar-refractivity contribution < 1.29 is 98.0 Å². The maximum Gasteiger partial charge on any atom is 0.338 e. The second-order valence-corrected chi connectivity index (χ2v) is 31.4. The average Bonchev–Trinajstić information content (AvgIpc) is 0.667. The fourth-order valence-corrected chi connectivity index (χ4v) is 18.1. The van der Waals surface area contributed by atoms with E-state index in [1.54, 1.807) is 78.9 Å². The standard InChI is InChI=1S/C80H90N4O21S2/c1-11-83(12-2)53-34-37-56-59(41-53)101-60-42-54(84(13-3)14-4)35-38-57(60)66(56)58-39-36-55(43-62(58)107(96,97)98)106(94,95)81-40-26-18-25-33-65(87)103-63-44-64-79(46-99-64,105-49(7)86)71-73(104-75(91)52-31-23-17-24-32-52)80(93)45-61(47(5)67(77(80,8)9)70(100-48(6)85)72(89)78(63,71)10)102-76(92)69(88)68(50-27-19-15-20-28-50)82-74(90)51-29-21-16-22-30-51/h15-17,19-24,27-32,34-39,41-43,61,63-64,68-71,73,81,88,93H,11-14,18,25-26,33,40,44-46H2,1-10H3,(H-,82,90,96,97,98)/t61-,63-,64+,68-,69+,70+,71?,73?,78+,79-,80+/m0/s1. The van der Waals surface area contributed by atoms with Crippen LogP contribution >= 0.6 is 0 Å². The van der Waals surface area contributed by atoms with Crippen LogP contribution in [0.15, 0.2) is 171 Å². The molecule has 0 radical (unpaired) electrons. The number of fused-ring (bicyclic) bond motifs is 7. The molecule has 5 aromatic carbocycles. The van der Waals surface area contributed by atoms with Gasteiger partial charge in [0.05, 0.1) is 45.4 Å². The molecule has 1 amide bonds. The Kier molecular flexibility index (Phi) is 23.0. The minimum Gasteiger partial charge on any atom is -0.744 e. The number of nitrogens with zero attached hydrogens (tertiary/aromatic N) is 2. The lowest BCUT2D eigenvalue weighted by Gasteiger charge is -2.67. The van der Waals surface area contributed by atoms with E-state index in [4.69, 9.17) is 32.8 Å². The minimum absolute atomic E-state index is 0.0229. The normalized spacial score (nSPS) is 23.7. The Morgan fingerprint density at radius 1 is 0.748 bits per heavy atom. The number of ketones is 1. The van der Waals surface area contributed by atoms with Gasteiger partial charge in [0.2, 0.25) is 15.4 Å². The first-order valence-corrected chi connectivity index (χ1v) is 38.8. The number of sulfonamides is 1. The SMILES string of the molecule is CCN(CC)c1ccc2c(-c3ccc(S(=O)(=O)NCCCCCC(=O)O[C@H]4C[C@H]5OC[C@@]5(OC(C)=O)C5C(OC(=O)c6ccccc6)[C@]6(O)C[C@H](OC(=O)[C@H](O)[C@@H](NC(=O)c7ccccc7)c7ccccc7)C(C)=C([C@@H](OC(C)=O)C(=O)[C@@]54C)C6(C)C)cc3S(=O)(=O)[O-])c3ccc(=[N+](CC)CC)cc-3oc2c1. The first-order chi connectivity index (χ1) is 50.8. The highest BCUT2D eigenvalue weighted by Crippen LogP contribution is 2.65. The Balaban J connectivity index is 0.878. The van der Waals surface area contributed by atoms with Crippen molar-refractivity contribution in [3.05, 3.63) is 179 Å². The van der Waals surface area contributed by atoms with Gasteiger partial charge in [-0.3, -0.25) is 24.0 Å². The molecule has 4 aliphatic carbocycles. The van der Waals surface area contributed by atoms with E-state index in [9.17, 15) is 60.4 Å². The Labute approximate surface area is 621 Å². The average molecular weight is 1510 g/mol. The van der Waals surface area contributed by atoms with Crippen molar-refractivity contribution in [2.75, 3.05) is 44.2 Å². The summed E-state index contributed by atoms with van der Waals surface area (Å²) in [7, 11) is -9.88. The fraction of sp³-hybridized carbons (Fsp3) is 0.425. The summed E-state index contributed by atoms with van der Waals surface area (Å²) in [6.45, 7) is 18.2. The predicted octanol–water partition coefficient (Wildman–Crippen LogP) is 8.91. The van der Waals surface area contributed by atoms with E-state index in [1.807, 2.05) is 52.0 Å². The zero-order chi connectivity index (χ0) is 77.3. The molecule has 2 heterocycles. The molecule has 107 heavy (non-hydrogen) atoms. The van der Waals surface area contributed by atoms with Crippen molar-refractivity contribution in [1.82, 2.24) is 14.6 Å². The van der Waals surface area contributed by atoms with Crippen molar-refractivity contribution in [2.45, 2.75) is 171 Å². The predicted molar refractivity (Wildman–Crippen MR) is 391 cm³/mol. The lowest BCUT2D eigenvalue weighted by molar-refractivity contribution is -0.346. The highest BCUT2D eigenvalue weighted by Gasteiger charge is 2.79. The summed E-state index contributed by atoms with van der Waals surface area (Å²) in [5, 5.41) is 30.4. The van der Waals surface area contributed by atoms with E-state index in [0.29, 0.717) is 59.6 Å². The zero-order valence-corrected chi connectivity index (χ0v) is 63.0. The number of aliphatic hydroxyl groups excluding tert-OH is 1. The number of carbonyl (C=O) groups excluding carboxylic acids is 7. The third-order valence-electron chi connectivity index (χ3n) is 21.8. The van der Waals surface area contributed by atoms with Gasteiger partial charge in [0, 0.05) is 104 Å². The summed E-state index contributed by atoms with van der Waals surface area (Å²) < 4.78 is 117. The molecule has 6 aliphatic rings. The summed E-state index contributed by atoms with van der Waals surface area (Å²) in [5.74, 6) is -8.07. The highest BCUT2D eigenvalue weighted by molar-refractivity contribution is 7.89. The molecule has 5 aromatic rings. The number of esters is 5. The maximum atomic E-state index is 16.6. The van der Waals surface area contributed by atoms with Crippen LogP contribution < -0.4 is 24.9 Å². The van der Waals surface area contributed by atoms with E-state index in [2.05, 4.69) is 19.5 Å². The maximum absolute atomic E-state index is 16.6. The Morgan fingerprint density at radius 2 is 1.39 bits per heavy atom. The molecule has 11 atom stereocenters. The number of rotatable bonds is 26. The number of benzene rings is 6. The fourth-order valence-electron chi connectivity index (χ4n) is 16.2. The van der Waals surface area contributed by atoms with E-state index < -0.39 is 155 Å². The number of anilines is 1. The van der Waals surface area contributed by atoms with Crippen molar-refractivity contribution in [2.24, 2.45) is 16.7 Å². The number of hydrogen-bond donors (Lipinski definition) is 4.